The predicted molar refractivity (Wildman–Crippen MR) is 117 cm³/mol. The van der Waals surface area contributed by atoms with Gasteiger partial charge in [-0.25, -0.2) is 0 Å². The standard InChI is InChI=1S/C25H23N3O2/c1-17-7-6-10-21(15-17)24-27-26-23(30-24)19-11-13-20(14-12-19)25(29)28(3)16-22-9-5-4-8-18(22)2/h4-15H,16H2,1-3H3. The van der Waals surface area contributed by atoms with Crippen LogP contribution in [0.15, 0.2) is 77.2 Å². The molecule has 0 radical (unpaired) electrons. The van der Waals surface area contributed by atoms with Crippen molar-refractivity contribution in [1.29, 1.82) is 0 Å². The lowest BCUT2D eigenvalue weighted by Crippen LogP contribution is -2.26. The average molecular weight is 397 g/mol. The van der Waals surface area contributed by atoms with Gasteiger partial charge in [0.1, 0.15) is 0 Å². The summed E-state index contributed by atoms with van der Waals surface area (Å²) >= 11 is 0. The molecule has 30 heavy (non-hydrogen) atoms. The Kier molecular flexibility index (Phi) is 5.44. The first-order chi connectivity index (χ1) is 14.5. The van der Waals surface area contributed by atoms with Gasteiger partial charge in [-0.2, -0.15) is 0 Å². The van der Waals surface area contributed by atoms with E-state index >= 15 is 0 Å². The van der Waals surface area contributed by atoms with E-state index in [1.807, 2.05) is 68.6 Å². The zero-order valence-electron chi connectivity index (χ0n) is 17.3. The first-order valence-corrected chi connectivity index (χ1v) is 9.82. The van der Waals surface area contributed by atoms with E-state index in [0.717, 1.165) is 22.3 Å². The number of aromatic nitrogens is 2. The summed E-state index contributed by atoms with van der Waals surface area (Å²) in [5.41, 5.74) is 5.73. The third kappa shape index (κ3) is 4.15. The number of benzene rings is 3. The molecule has 0 unspecified atom stereocenters. The largest absolute Gasteiger partial charge is 0.416 e. The molecule has 5 nitrogen and oxygen atoms in total. The summed E-state index contributed by atoms with van der Waals surface area (Å²) in [6.45, 7) is 4.64. The highest BCUT2D eigenvalue weighted by atomic mass is 16.4. The predicted octanol–water partition coefficient (Wildman–Crippen LogP) is 5.29. The summed E-state index contributed by atoms with van der Waals surface area (Å²) in [4.78, 5) is 14.5. The van der Waals surface area contributed by atoms with E-state index in [1.54, 1.807) is 17.0 Å². The van der Waals surface area contributed by atoms with E-state index in [1.165, 1.54) is 5.56 Å². The van der Waals surface area contributed by atoms with Crippen LogP contribution in [0.1, 0.15) is 27.0 Å². The van der Waals surface area contributed by atoms with Crippen LogP contribution < -0.4 is 0 Å². The van der Waals surface area contributed by atoms with E-state index in [0.29, 0.717) is 23.9 Å². The van der Waals surface area contributed by atoms with Gasteiger partial charge in [-0.05, 0) is 61.4 Å². The fourth-order valence-corrected chi connectivity index (χ4v) is 3.33. The summed E-state index contributed by atoms with van der Waals surface area (Å²) in [6.07, 6.45) is 0. The zero-order valence-corrected chi connectivity index (χ0v) is 17.3. The van der Waals surface area contributed by atoms with Gasteiger partial charge >= 0.3 is 0 Å². The molecule has 4 rings (SSSR count). The number of rotatable bonds is 5. The van der Waals surface area contributed by atoms with Crippen LogP contribution in [0.5, 0.6) is 0 Å². The Morgan fingerprint density at radius 3 is 2.27 bits per heavy atom. The molecule has 3 aromatic carbocycles. The normalized spacial score (nSPS) is 10.8. The van der Waals surface area contributed by atoms with Crippen LogP contribution in [0.25, 0.3) is 22.9 Å². The van der Waals surface area contributed by atoms with Gasteiger partial charge in [0, 0.05) is 30.3 Å². The molecule has 1 amide bonds. The van der Waals surface area contributed by atoms with E-state index in [9.17, 15) is 4.79 Å². The fraction of sp³-hybridized carbons (Fsp3) is 0.160. The van der Waals surface area contributed by atoms with Crippen molar-refractivity contribution in [2.75, 3.05) is 7.05 Å². The molecule has 1 aromatic heterocycles. The highest BCUT2D eigenvalue weighted by molar-refractivity contribution is 5.94. The molecule has 4 aromatic rings. The maximum Gasteiger partial charge on any atom is 0.253 e. The third-order valence-electron chi connectivity index (χ3n) is 5.08. The van der Waals surface area contributed by atoms with Crippen molar-refractivity contribution in [3.05, 3.63) is 95.1 Å². The summed E-state index contributed by atoms with van der Waals surface area (Å²) in [5, 5.41) is 8.31. The highest BCUT2D eigenvalue weighted by Gasteiger charge is 2.15. The molecule has 0 saturated carbocycles. The van der Waals surface area contributed by atoms with Crippen LogP contribution in [0.3, 0.4) is 0 Å². The topological polar surface area (TPSA) is 59.2 Å². The van der Waals surface area contributed by atoms with Crippen molar-refractivity contribution < 1.29 is 9.21 Å². The first-order valence-electron chi connectivity index (χ1n) is 9.82. The number of carbonyl (C=O) groups is 1. The van der Waals surface area contributed by atoms with Crippen LogP contribution in [0, 0.1) is 13.8 Å². The molecule has 0 fully saturated rings. The Bertz CT molecular complexity index is 1180. The molecule has 0 aliphatic heterocycles. The zero-order chi connectivity index (χ0) is 21.1. The van der Waals surface area contributed by atoms with Gasteiger partial charge < -0.3 is 9.32 Å². The average Bonchev–Trinajstić information content (AvgIpc) is 3.25. The number of amides is 1. The molecule has 0 saturated heterocycles. The van der Waals surface area contributed by atoms with Crippen molar-refractivity contribution in [1.82, 2.24) is 15.1 Å². The van der Waals surface area contributed by atoms with Crippen LogP contribution >= 0.6 is 0 Å². The SMILES string of the molecule is Cc1cccc(-c2nnc(-c3ccc(C(=O)N(C)Cc4ccccc4C)cc3)o2)c1. The molecule has 0 N–H and O–H groups in total. The van der Waals surface area contributed by atoms with Crippen LogP contribution in [0.2, 0.25) is 0 Å². The molecule has 1 heterocycles. The van der Waals surface area contributed by atoms with Crippen molar-refractivity contribution >= 4 is 5.91 Å². The summed E-state index contributed by atoms with van der Waals surface area (Å²) < 4.78 is 5.83. The summed E-state index contributed by atoms with van der Waals surface area (Å²) in [5.74, 6) is 0.876. The number of carbonyl (C=O) groups excluding carboxylic acids is 1. The summed E-state index contributed by atoms with van der Waals surface area (Å²) in [6, 6.07) is 23.3. The third-order valence-corrected chi connectivity index (χ3v) is 5.08. The number of hydrogen-bond acceptors (Lipinski definition) is 4. The van der Waals surface area contributed by atoms with Gasteiger partial charge in [0.15, 0.2) is 0 Å². The van der Waals surface area contributed by atoms with Crippen LogP contribution in [0.4, 0.5) is 0 Å². The van der Waals surface area contributed by atoms with Crippen molar-refractivity contribution in [2.24, 2.45) is 0 Å². The molecule has 0 atom stereocenters. The minimum absolute atomic E-state index is 0.0317. The summed E-state index contributed by atoms with van der Waals surface area (Å²) in [7, 11) is 1.81. The number of hydrogen-bond donors (Lipinski definition) is 0. The molecule has 150 valence electrons. The molecular weight excluding hydrogens is 374 g/mol. The number of nitrogens with zero attached hydrogens (tertiary/aromatic N) is 3. The van der Waals surface area contributed by atoms with Crippen LogP contribution in [-0.4, -0.2) is 28.1 Å². The molecule has 0 spiro atoms. The lowest BCUT2D eigenvalue weighted by Gasteiger charge is -2.18. The monoisotopic (exact) mass is 397 g/mol. The van der Waals surface area contributed by atoms with Crippen molar-refractivity contribution in [2.45, 2.75) is 20.4 Å². The van der Waals surface area contributed by atoms with Crippen molar-refractivity contribution in [3.63, 3.8) is 0 Å². The Morgan fingerprint density at radius 1 is 0.867 bits per heavy atom. The molecule has 5 heteroatoms. The van der Waals surface area contributed by atoms with Gasteiger partial charge in [-0.15, -0.1) is 10.2 Å². The van der Waals surface area contributed by atoms with Gasteiger partial charge in [-0.1, -0.05) is 42.0 Å². The molecule has 0 aliphatic rings. The van der Waals surface area contributed by atoms with E-state index in [4.69, 9.17) is 4.42 Å². The quantitative estimate of drug-likeness (QED) is 0.459. The Balaban J connectivity index is 1.49. The van der Waals surface area contributed by atoms with Gasteiger partial charge in [0.25, 0.3) is 5.91 Å². The first kappa shape index (κ1) is 19.6. The van der Waals surface area contributed by atoms with Gasteiger partial charge in [0.2, 0.25) is 11.8 Å². The Hall–Kier alpha value is -3.73. The lowest BCUT2D eigenvalue weighted by molar-refractivity contribution is 0.0785. The number of aryl methyl sites for hydroxylation is 2. The maximum absolute atomic E-state index is 12.8. The molecule has 0 aliphatic carbocycles. The maximum atomic E-state index is 12.8. The second-order valence-electron chi connectivity index (χ2n) is 7.45. The van der Waals surface area contributed by atoms with E-state index in [-0.39, 0.29) is 5.91 Å². The second-order valence-corrected chi connectivity index (χ2v) is 7.45. The molecule has 0 bridgehead atoms. The smallest absolute Gasteiger partial charge is 0.253 e. The fourth-order valence-electron chi connectivity index (χ4n) is 3.33. The molecular formula is C25H23N3O2. The Morgan fingerprint density at radius 2 is 1.57 bits per heavy atom. The van der Waals surface area contributed by atoms with E-state index in [2.05, 4.69) is 23.2 Å². The lowest BCUT2D eigenvalue weighted by atomic mass is 10.1. The van der Waals surface area contributed by atoms with Crippen molar-refractivity contribution in [3.8, 4) is 22.9 Å². The minimum atomic E-state index is -0.0317. The van der Waals surface area contributed by atoms with Gasteiger partial charge in [-0.3, -0.25) is 4.79 Å². The minimum Gasteiger partial charge on any atom is -0.416 e. The van der Waals surface area contributed by atoms with Gasteiger partial charge in [0.05, 0.1) is 0 Å². The van der Waals surface area contributed by atoms with Crippen LogP contribution in [-0.2, 0) is 6.54 Å². The Labute approximate surface area is 176 Å². The second kappa shape index (κ2) is 8.33. The van der Waals surface area contributed by atoms with E-state index < -0.39 is 0 Å². The highest BCUT2D eigenvalue weighted by Crippen LogP contribution is 2.25.